The molecule has 0 N–H and O–H groups in total. The summed E-state index contributed by atoms with van der Waals surface area (Å²) in [5, 5.41) is 0. The summed E-state index contributed by atoms with van der Waals surface area (Å²) in [6.07, 6.45) is -3.14. The molecule has 0 nitrogen and oxygen atoms in total. The zero-order chi connectivity index (χ0) is 7.28. The smallest absolute Gasteiger partial charge is 0.241 e. The fraction of sp³-hybridized carbons (Fsp3) is 0.800. The highest BCUT2D eigenvalue weighted by Gasteiger charge is 2.68. The van der Waals surface area contributed by atoms with Crippen molar-refractivity contribution < 1.29 is 17.6 Å². The van der Waals surface area contributed by atoms with Crippen LogP contribution in [0.1, 0.15) is 6.42 Å². The van der Waals surface area contributed by atoms with Crippen LogP contribution in [0.3, 0.4) is 0 Å². The van der Waals surface area contributed by atoms with Crippen LogP contribution in [0.4, 0.5) is 17.6 Å². The van der Waals surface area contributed by atoms with Crippen molar-refractivity contribution >= 4 is 0 Å². The van der Waals surface area contributed by atoms with Crippen molar-refractivity contribution in [1.29, 1.82) is 0 Å². The zero-order valence-electron chi connectivity index (χ0n) is 4.50. The van der Waals surface area contributed by atoms with Gasteiger partial charge in [0.05, 0.1) is 0 Å². The highest BCUT2D eigenvalue weighted by molar-refractivity contribution is 5.12. The molecule has 0 aromatic heterocycles. The van der Waals surface area contributed by atoms with Gasteiger partial charge in [0.2, 0.25) is 0 Å². The van der Waals surface area contributed by atoms with E-state index in [1.165, 1.54) is 0 Å². The second-order valence-electron chi connectivity index (χ2n) is 2.26. The van der Waals surface area contributed by atoms with Crippen LogP contribution in [0.15, 0.2) is 0 Å². The Morgan fingerprint density at radius 3 is 1.78 bits per heavy atom. The molecule has 2 unspecified atom stereocenters. The van der Waals surface area contributed by atoms with Gasteiger partial charge in [-0.25, -0.2) is 8.78 Å². The van der Waals surface area contributed by atoms with Gasteiger partial charge in [-0.2, -0.15) is 8.78 Å². The Labute approximate surface area is 49.9 Å². The fourth-order valence-electron chi connectivity index (χ4n) is 0.698. The molecule has 0 aromatic rings. The molecule has 0 amide bonds. The molecule has 2 atom stereocenters. The van der Waals surface area contributed by atoms with Gasteiger partial charge in [0.1, 0.15) is 0 Å². The Bertz CT molecular complexity index is 129. The molecule has 1 fully saturated rings. The first-order valence-corrected chi connectivity index (χ1v) is 2.44. The number of hydrogen-bond donors (Lipinski definition) is 0. The van der Waals surface area contributed by atoms with Crippen LogP contribution in [0.25, 0.3) is 0 Å². The number of rotatable bonds is 0. The Morgan fingerprint density at radius 1 is 1.33 bits per heavy atom. The van der Waals surface area contributed by atoms with E-state index in [4.69, 9.17) is 0 Å². The summed E-state index contributed by atoms with van der Waals surface area (Å²) < 4.78 is 47.7. The molecule has 0 saturated heterocycles. The van der Waals surface area contributed by atoms with Crippen LogP contribution in [0.5, 0.6) is 0 Å². The highest BCUT2D eigenvalue weighted by Crippen LogP contribution is 2.50. The van der Waals surface area contributed by atoms with Crippen LogP contribution in [0.2, 0.25) is 0 Å². The van der Waals surface area contributed by atoms with Gasteiger partial charge in [-0.15, -0.1) is 0 Å². The third-order valence-corrected chi connectivity index (χ3v) is 1.49. The molecule has 1 radical (unpaired) electrons. The normalized spacial score (nSPS) is 48.3. The largest absolute Gasteiger partial charge is 0.312 e. The number of halogens is 4. The van der Waals surface area contributed by atoms with E-state index in [-0.39, 0.29) is 0 Å². The molecule has 1 rings (SSSR count). The Hall–Kier alpha value is -0.280. The second kappa shape index (κ2) is 1.41. The Balaban J connectivity index is 2.70. The quantitative estimate of drug-likeness (QED) is 0.452. The average molecular weight is 141 g/mol. The van der Waals surface area contributed by atoms with Crippen molar-refractivity contribution in [1.82, 2.24) is 0 Å². The topological polar surface area (TPSA) is 0 Å². The van der Waals surface area contributed by atoms with Crippen molar-refractivity contribution in [2.45, 2.75) is 24.2 Å². The van der Waals surface area contributed by atoms with E-state index in [9.17, 15) is 17.6 Å². The molecule has 0 aliphatic heterocycles. The van der Waals surface area contributed by atoms with E-state index in [1.807, 2.05) is 0 Å². The van der Waals surface area contributed by atoms with E-state index in [0.717, 1.165) is 0 Å². The molecule has 4 heteroatoms. The molecule has 1 aliphatic rings. The van der Waals surface area contributed by atoms with Gasteiger partial charge < -0.3 is 0 Å². The van der Waals surface area contributed by atoms with Gasteiger partial charge in [0, 0.05) is 6.42 Å². The Morgan fingerprint density at radius 2 is 1.78 bits per heavy atom. The highest BCUT2D eigenvalue weighted by atomic mass is 19.3. The molecule has 1 saturated carbocycles. The lowest BCUT2D eigenvalue weighted by molar-refractivity contribution is -0.238. The Kier molecular flexibility index (Phi) is 1.07. The van der Waals surface area contributed by atoms with Crippen LogP contribution in [-0.4, -0.2) is 17.8 Å². The van der Waals surface area contributed by atoms with Gasteiger partial charge in [-0.1, -0.05) is 0 Å². The maximum Gasteiger partial charge on any atom is 0.312 e. The maximum absolute atomic E-state index is 12.1. The first kappa shape index (κ1) is 6.83. The average Bonchev–Trinajstić information content (AvgIpc) is 1.65. The van der Waals surface area contributed by atoms with Gasteiger partial charge in [0.25, 0.3) is 0 Å². The van der Waals surface area contributed by atoms with Crippen molar-refractivity contribution in [3.63, 3.8) is 0 Å². The van der Waals surface area contributed by atoms with Crippen molar-refractivity contribution in [3.05, 3.63) is 6.92 Å². The van der Waals surface area contributed by atoms with Gasteiger partial charge >= 0.3 is 5.92 Å². The van der Waals surface area contributed by atoms with Gasteiger partial charge in [-0.05, 0) is 6.92 Å². The molecule has 9 heavy (non-hydrogen) atoms. The molecule has 0 heterocycles. The first-order chi connectivity index (χ1) is 3.88. The second-order valence-corrected chi connectivity index (χ2v) is 2.26. The van der Waals surface area contributed by atoms with Crippen LogP contribution >= 0.6 is 0 Å². The summed E-state index contributed by atoms with van der Waals surface area (Å²) in [5.74, 6) is -3.87. The van der Waals surface area contributed by atoms with Crippen molar-refractivity contribution in [2.24, 2.45) is 0 Å². The summed E-state index contributed by atoms with van der Waals surface area (Å²) in [5.41, 5.74) is -2.87. The lowest BCUT2D eigenvalue weighted by atomic mass is 9.77. The van der Waals surface area contributed by atoms with Crippen molar-refractivity contribution in [3.8, 4) is 0 Å². The molecular formula is C5H5F4. The summed E-state index contributed by atoms with van der Waals surface area (Å²) in [4.78, 5) is 0. The molecular weight excluding hydrogens is 136 g/mol. The van der Waals surface area contributed by atoms with E-state index in [1.54, 1.807) is 0 Å². The van der Waals surface area contributed by atoms with Crippen molar-refractivity contribution in [2.75, 3.05) is 0 Å². The van der Waals surface area contributed by atoms with E-state index < -0.39 is 24.2 Å². The molecule has 53 valence electrons. The van der Waals surface area contributed by atoms with Crippen LogP contribution in [0, 0.1) is 6.92 Å². The molecule has 0 aromatic carbocycles. The summed E-state index contributed by atoms with van der Waals surface area (Å²) in [6.45, 7) is 2.52. The molecule has 0 bridgehead atoms. The predicted octanol–water partition coefficient (Wildman–Crippen LogP) is 1.91. The molecule has 1 aliphatic carbocycles. The predicted molar refractivity (Wildman–Crippen MR) is 23.7 cm³/mol. The lowest BCUT2D eigenvalue weighted by Crippen LogP contribution is -2.61. The minimum atomic E-state index is -3.87. The monoisotopic (exact) mass is 141 g/mol. The maximum atomic E-state index is 12.1. The first-order valence-electron chi connectivity index (χ1n) is 2.44. The third-order valence-electron chi connectivity index (χ3n) is 1.49. The van der Waals surface area contributed by atoms with Gasteiger partial charge in [0.15, 0.2) is 11.8 Å². The summed E-state index contributed by atoms with van der Waals surface area (Å²) >= 11 is 0. The minimum Gasteiger partial charge on any atom is -0.241 e. The van der Waals surface area contributed by atoms with E-state index in [2.05, 4.69) is 6.92 Å². The third kappa shape index (κ3) is 0.650. The standard InChI is InChI=1S/C5H5F4/c1-4(7)2-3(6)5(4,8)9/h3H,1-2H2. The minimum absolute atomic E-state index is 0.792. The summed E-state index contributed by atoms with van der Waals surface area (Å²) in [6, 6.07) is 0. The fourth-order valence-corrected chi connectivity index (χ4v) is 0.698. The lowest BCUT2D eigenvalue weighted by Gasteiger charge is -2.42. The van der Waals surface area contributed by atoms with E-state index >= 15 is 0 Å². The number of alkyl halides is 4. The zero-order valence-corrected chi connectivity index (χ0v) is 4.50. The SMILES string of the molecule is [CH2]C1(F)CC(F)C1(F)F. The molecule has 0 spiro atoms. The van der Waals surface area contributed by atoms with Gasteiger partial charge in [-0.3, -0.25) is 0 Å². The number of hydrogen-bond acceptors (Lipinski definition) is 0. The van der Waals surface area contributed by atoms with Crippen LogP contribution < -0.4 is 0 Å². The van der Waals surface area contributed by atoms with E-state index in [0.29, 0.717) is 0 Å². The summed E-state index contributed by atoms with van der Waals surface area (Å²) in [7, 11) is 0. The van der Waals surface area contributed by atoms with Crippen LogP contribution in [-0.2, 0) is 0 Å².